The molecule has 1 aliphatic heterocycles. The van der Waals surface area contributed by atoms with Gasteiger partial charge in [0.25, 0.3) is 5.91 Å². The molecule has 0 spiro atoms. The maximum absolute atomic E-state index is 14.1. The molecule has 1 amide bonds. The average Bonchev–Trinajstić information content (AvgIpc) is 2.62. The molecule has 1 unspecified atom stereocenters. The molecule has 5 nitrogen and oxygen atoms in total. The summed E-state index contributed by atoms with van der Waals surface area (Å²) >= 11 is 0. The number of piperidine rings is 1. The van der Waals surface area contributed by atoms with Crippen LogP contribution in [0, 0.1) is 11.6 Å². The lowest BCUT2D eigenvalue weighted by Crippen LogP contribution is -2.47. The molecule has 1 aliphatic rings. The molecule has 0 saturated carbocycles. The van der Waals surface area contributed by atoms with E-state index in [0.717, 1.165) is 43.6 Å². The molecule has 1 saturated heterocycles. The number of amides is 1. The first kappa shape index (κ1) is 18.3. The van der Waals surface area contributed by atoms with Gasteiger partial charge >= 0.3 is 0 Å². The number of hydrogen-bond acceptors (Lipinski definition) is 4. The third kappa shape index (κ3) is 4.35. The van der Waals surface area contributed by atoms with Crippen LogP contribution < -0.4 is 10.1 Å². The zero-order chi connectivity index (χ0) is 18.5. The van der Waals surface area contributed by atoms with Crippen LogP contribution in [0.25, 0.3) is 0 Å². The molecule has 2 aromatic rings. The zero-order valence-electron chi connectivity index (χ0n) is 14.5. The summed E-state index contributed by atoms with van der Waals surface area (Å²) in [5, 5.41) is 2.75. The number of nitrogens with zero attached hydrogens (tertiary/aromatic N) is 2. The maximum atomic E-state index is 14.1. The van der Waals surface area contributed by atoms with Crippen LogP contribution in [-0.4, -0.2) is 42.0 Å². The summed E-state index contributed by atoms with van der Waals surface area (Å²) in [6, 6.07) is 5.74. The van der Waals surface area contributed by atoms with E-state index in [1.54, 1.807) is 6.20 Å². The van der Waals surface area contributed by atoms with Crippen molar-refractivity contribution in [3.05, 3.63) is 59.4 Å². The van der Waals surface area contributed by atoms with E-state index in [4.69, 9.17) is 4.74 Å². The van der Waals surface area contributed by atoms with Gasteiger partial charge in [0.05, 0.1) is 7.11 Å². The summed E-state index contributed by atoms with van der Waals surface area (Å²) in [5.74, 6) is -2.56. The number of pyridine rings is 1. The van der Waals surface area contributed by atoms with Crippen molar-refractivity contribution in [3.63, 3.8) is 0 Å². The lowest BCUT2D eigenvalue weighted by atomic mass is 10.0. The van der Waals surface area contributed by atoms with Gasteiger partial charge < -0.3 is 10.1 Å². The highest BCUT2D eigenvalue weighted by molar-refractivity contribution is 5.95. The molecule has 0 radical (unpaired) electrons. The summed E-state index contributed by atoms with van der Waals surface area (Å²) < 4.78 is 32.9. The Balaban J connectivity index is 1.64. The third-order valence-corrected chi connectivity index (χ3v) is 4.45. The summed E-state index contributed by atoms with van der Waals surface area (Å²) in [7, 11) is 1.31. The number of likely N-dealkylation sites (tertiary alicyclic amines) is 1. The SMILES string of the molecule is COc1cc(F)c(C(=O)NC2CCCN(Cc3cccnc3)C2)c(F)c1. The van der Waals surface area contributed by atoms with Crippen LogP contribution in [0.1, 0.15) is 28.8 Å². The average molecular weight is 361 g/mol. The highest BCUT2D eigenvalue weighted by Gasteiger charge is 2.25. The first-order valence-corrected chi connectivity index (χ1v) is 8.52. The van der Waals surface area contributed by atoms with Gasteiger partial charge in [0.15, 0.2) is 0 Å². The van der Waals surface area contributed by atoms with Gasteiger partial charge in [0, 0.05) is 43.7 Å². The third-order valence-electron chi connectivity index (χ3n) is 4.45. The fourth-order valence-corrected chi connectivity index (χ4v) is 3.21. The summed E-state index contributed by atoms with van der Waals surface area (Å²) in [4.78, 5) is 18.7. The van der Waals surface area contributed by atoms with E-state index in [2.05, 4.69) is 15.2 Å². The second kappa shape index (κ2) is 8.23. The quantitative estimate of drug-likeness (QED) is 0.890. The molecule has 0 bridgehead atoms. The minimum absolute atomic E-state index is 0.0388. The summed E-state index contributed by atoms with van der Waals surface area (Å²) in [6.07, 6.45) is 5.21. The second-order valence-electron chi connectivity index (χ2n) is 6.38. The molecule has 1 aromatic carbocycles. The Kier molecular flexibility index (Phi) is 5.78. The van der Waals surface area contributed by atoms with Gasteiger partial charge in [-0.1, -0.05) is 6.07 Å². The van der Waals surface area contributed by atoms with E-state index < -0.39 is 23.1 Å². The standard InChI is InChI=1S/C19H21F2N3O2/c1-26-15-8-16(20)18(17(21)9-15)19(25)23-14-5-3-7-24(12-14)11-13-4-2-6-22-10-13/h2,4,6,8-10,14H,3,5,7,11-12H2,1H3,(H,23,25). The smallest absolute Gasteiger partial charge is 0.257 e. The van der Waals surface area contributed by atoms with Gasteiger partial charge in [-0.3, -0.25) is 14.7 Å². The van der Waals surface area contributed by atoms with Crippen LogP contribution in [0.3, 0.4) is 0 Å². The molecule has 0 aliphatic carbocycles. The Morgan fingerprint density at radius 1 is 1.38 bits per heavy atom. The van der Waals surface area contributed by atoms with Gasteiger partial charge in [-0.2, -0.15) is 0 Å². The largest absolute Gasteiger partial charge is 0.497 e. The number of benzene rings is 1. The Bertz CT molecular complexity index is 748. The number of ether oxygens (including phenoxy) is 1. The van der Waals surface area contributed by atoms with E-state index in [9.17, 15) is 13.6 Å². The fourth-order valence-electron chi connectivity index (χ4n) is 3.21. The highest BCUT2D eigenvalue weighted by atomic mass is 19.1. The molecular weight excluding hydrogens is 340 g/mol. The molecule has 3 rings (SSSR count). The van der Waals surface area contributed by atoms with Gasteiger partial charge in [-0.15, -0.1) is 0 Å². The van der Waals surface area contributed by atoms with Gasteiger partial charge in [0.2, 0.25) is 0 Å². The van der Waals surface area contributed by atoms with E-state index in [-0.39, 0.29) is 11.8 Å². The van der Waals surface area contributed by atoms with Crippen molar-refractivity contribution in [3.8, 4) is 5.75 Å². The molecule has 26 heavy (non-hydrogen) atoms. The van der Waals surface area contributed by atoms with Crippen LogP contribution in [0.15, 0.2) is 36.7 Å². The maximum Gasteiger partial charge on any atom is 0.257 e. The fraction of sp³-hybridized carbons (Fsp3) is 0.368. The van der Waals surface area contributed by atoms with Crippen molar-refractivity contribution in [1.82, 2.24) is 15.2 Å². The van der Waals surface area contributed by atoms with Crippen LogP contribution in [0.4, 0.5) is 8.78 Å². The van der Waals surface area contributed by atoms with E-state index >= 15 is 0 Å². The number of carbonyl (C=O) groups excluding carboxylic acids is 1. The van der Waals surface area contributed by atoms with Crippen LogP contribution >= 0.6 is 0 Å². The van der Waals surface area contributed by atoms with Crippen molar-refractivity contribution < 1.29 is 18.3 Å². The first-order valence-electron chi connectivity index (χ1n) is 8.52. The van der Waals surface area contributed by atoms with Crippen molar-refractivity contribution in [1.29, 1.82) is 0 Å². The Morgan fingerprint density at radius 2 is 2.15 bits per heavy atom. The van der Waals surface area contributed by atoms with Crippen LogP contribution in [-0.2, 0) is 6.54 Å². The molecule has 1 N–H and O–H groups in total. The van der Waals surface area contributed by atoms with Crippen molar-refractivity contribution in [2.24, 2.45) is 0 Å². The predicted octanol–water partition coefficient (Wildman–Crippen LogP) is 2.76. The Labute approximate surface area is 151 Å². The minimum Gasteiger partial charge on any atom is -0.497 e. The lowest BCUT2D eigenvalue weighted by Gasteiger charge is -2.33. The number of carbonyl (C=O) groups is 1. The Hall–Kier alpha value is -2.54. The number of halogens is 2. The summed E-state index contributed by atoms with van der Waals surface area (Å²) in [6.45, 7) is 2.26. The summed E-state index contributed by atoms with van der Waals surface area (Å²) in [5.41, 5.74) is 0.516. The molecule has 1 fully saturated rings. The molecule has 7 heteroatoms. The molecule has 1 atom stereocenters. The van der Waals surface area contributed by atoms with Crippen molar-refractivity contribution in [2.45, 2.75) is 25.4 Å². The molecular formula is C19H21F2N3O2. The molecule has 2 heterocycles. The normalized spacial score (nSPS) is 17.7. The monoisotopic (exact) mass is 361 g/mol. The Morgan fingerprint density at radius 3 is 2.81 bits per heavy atom. The van der Waals surface area contributed by atoms with Gasteiger partial charge in [-0.25, -0.2) is 8.78 Å². The van der Waals surface area contributed by atoms with Gasteiger partial charge in [-0.05, 0) is 31.0 Å². The van der Waals surface area contributed by atoms with Crippen LogP contribution in [0.5, 0.6) is 5.75 Å². The number of methoxy groups -OCH3 is 1. The zero-order valence-corrected chi connectivity index (χ0v) is 14.5. The minimum atomic E-state index is -0.928. The van der Waals surface area contributed by atoms with Crippen LogP contribution in [0.2, 0.25) is 0 Å². The van der Waals surface area contributed by atoms with E-state index in [1.165, 1.54) is 7.11 Å². The number of hydrogen-bond donors (Lipinski definition) is 1. The molecule has 138 valence electrons. The van der Waals surface area contributed by atoms with Gasteiger partial charge in [0.1, 0.15) is 22.9 Å². The first-order chi connectivity index (χ1) is 12.6. The van der Waals surface area contributed by atoms with Crippen molar-refractivity contribution in [2.75, 3.05) is 20.2 Å². The number of rotatable bonds is 5. The lowest BCUT2D eigenvalue weighted by molar-refractivity contribution is 0.0892. The van der Waals surface area contributed by atoms with E-state index in [1.807, 2.05) is 18.3 Å². The predicted molar refractivity (Wildman–Crippen MR) is 92.9 cm³/mol. The number of aromatic nitrogens is 1. The second-order valence-corrected chi connectivity index (χ2v) is 6.38. The van der Waals surface area contributed by atoms with Crippen molar-refractivity contribution >= 4 is 5.91 Å². The highest BCUT2D eigenvalue weighted by Crippen LogP contribution is 2.21. The molecule has 1 aromatic heterocycles. The number of nitrogens with one attached hydrogen (secondary N) is 1. The topological polar surface area (TPSA) is 54.5 Å². The van der Waals surface area contributed by atoms with E-state index in [0.29, 0.717) is 6.54 Å².